The maximum absolute atomic E-state index is 11.2. The largest absolute Gasteiger partial charge is 0.278 e. The molecular formula is C8H7N3O. The second kappa shape index (κ2) is 2.48. The average Bonchev–Trinajstić information content (AvgIpc) is 2.04. The molecule has 4 nitrogen and oxygen atoms in total. The predicted molar refractivity (Wildman–Crippen MR) is 47.0 cm³/mol. The lowest BCUT2D eigenvalue weighted by molar-refractivity contribution is -0.117. The van der Waals surface area contributed by atoms with Crippen LogP contribution in [0.5, 0.6) is 0 Å². The number of carbonyl (C=O) groups excluding carboxylic acids is 1. The minimum absolute atomic E-state index is 0.224. The lowest BCUT2D eigenvalue weighted by Crippen LogP contribution is -2.31. The Bertz CT molecular complexity index is 349. The van der Waals surface area contributed by atoms with Gasteiger partial charge in [0.2, 0.25) is 0 Å². The fourth-order valence-electron chi connectivity index (χ4n) is 1.17. The molecule has 2 rings (SSSR count). The van der Waals surface area contributed by atoms with Gasteiger partial charge in [-0.3, -0.25) is 9.79 Å². The van der Waals surface area contributed by atoms with Gasteiger partial charge in [0.15, 0.2) is 6.04 Å². The van der Waals surface area contributed by atoms with E-state index < -0.39 is 6.04 Å². The molecule has 0 fully saturated rings. The van der Waals surface area contributed by atoms with E-state index in [9.17, 15) is 4.79 Å². The minimum atomic E-state index is -0.487. The quantitative estimate of drug-likeness (QED) is 0.507. The zero-order valence-electron chi connectivity index (χ0n) is 6.56. The molecule has 0 saturated carbocycles. The van der Waals surface area contributed by atoms with Gasteiger partial charge in [0.05, 0.1) is 5.71 Å². The fourth-order valence-corrected chi connectivity index (χ4v) is 1.17. The van der Waals surface area contributed by atoms with Gasteiger partial charge in [0.1, 0.15) is 5.84 Å². The molecule has 0 bridgehead atoms. The average molecular weight is 161 g/mol. The van der Waals surface area contributed by atoms with Crippen molar-refractivity contribution in [3.05, 3.63) is 12.2 Å². The first-order valence-corrected chi connectivity index (χ1v) is 3.65. The Morgan fingerprint density at radius 3 is 3.08 bits per heavy atom. The highest BCUT2D eigenvalue weighted by molar-refractivity contribution is 6.24. The Morgan fingerprint density at radius 2 is 2.25 bits per heavy atom. The molecule has 1 unspecified atom stereocenters. The van der Waals surface area contributed by atoms with Crippen LogP contribution >= 0.6 is 0 Å². The van der Waals surface area contributed by atoms with Gasteiger partial charge >= 0.3 is 0 Å². The highest BCUT2D eigenvalue weighted by Gasteiger charge is 2.25. The van der Waals surface area contributed by atoms with E-state index in [2.05, 4.69) is 15.0 Å². The number of dihydropyridines is 1. The van der Waals surface area contributed by atoms with Crippen molar-refractivity contribution in [1.82, 2.24) is 0 Å². The summed E-state index contributed by atoms with van der Waals surface area (Å²) in [6.07, 6.45) is 5.15. The molecule has 0 N–H and O–H groups in total. The molecule has 0 aromatic carbocycles. The summed E-state index contributed by atoms with van der Waals surface area (Å²) in [5, 5.41) is 0. The molecule has 0 aliphatic carbocycles. The highest BCUT2D eigenvalue weighted by atomic mass is 16.1. The monoisotopic (exact) mass is 161 g/mol. The third-order valence-electron chi connectivity index (χ3n) is 1.67. The summed E-state index contributed by atoms with van der Waals surface area (Å²) in [4.78, 5) is 23.0. The third-order valence-corrected chi connectivity index (χ3v) is 1.67. The van der Waals surface area contributed by atoms with E-state index in [1.165, 1.54) is 0 Å². The van der Waals surface area contributed by atoms with Gasteiger partial charge in [-0.15, -0.1) is 0 Å². The van der Waals surface area contributed by atoms with E-state index in [4.69, 9.17) is 0 Å². The van der Waals surface area contributed by atoms with Crippen LogP contribution in [0.25, 0.3) is 0 Å². The molecule has 2 aliphatic rings. The van der Waals surface area contributed by atoms with Gasteiger partial charge < -0.3 is 0 Å². The van der Waals surface area contributed by atoms with Gasteiger partial charge in [0, 0.05) is 6.21 Å². The number of aliphatic imine (C=N–C) groups is 3. The lowest BCUT2D eigenvalue weighted by Gasteiger charge is -2.15. The van der Waals surface area contributed by atoms with E-state index >= 15 is 0 Å². The molecule has 0 saturated heterocycles. The Labute approximate surface area is 69.4 Å². The van der Waals surface area contributed by atoms with Crippen molar-refractivity contribution >= 4 is 23.7 Å². The van der Waals surface area contributed by atoms with Crippen molar-refractivity contribution in [3.63, 3.8) is 0 Å². The summed E-state index contributed by atoms with van der Waals surface area (Å²) in [5.74, 6) is 0.283. The summed E-state index contributed by atoms with van der Waals surface area (Å²) >= 11 is 0. The Morgan fingerprint density at radius 1 is 1.42 bits per heavy atom. The predicted octanol–water partition coefficient (Wildman–Crippen LogP) is 0.395. The second-order valence-corrected chi connectivity index (χ2v) is 2.59. The van der Waals surface area contributed by atoms with E-state index in [-0.39, 0.29) is 5.91 Å². The molecule has 12 heavy (non-hydrogen) atoms. The van der Waals surface area contributed by atoms with Crippen LogP contribution in [-0.2, 0) is 4.79 Å². The van der Waals surface area contributed by atoms with E-state index in [0.29, 0.717) is 11.5 Å². The third kappa shape index (κ3) is 1.01. The van der Waals surface area contributed by atoms with E-state index in [0.717, 1.165) is 0 Å². The molecule has 1 amide bonds. The van der Waals surface area contributed by atoms with Crippen molar-refractivity contribution in [2.75, 3.05) is 0 Å². The Kier molecular flexibility index (Phi) is 1.46. The highest BCUT2D eigenvalue weighted by Crippen LogP contribution is 2.09. The number of rotatable bonds is 0. The number of carbonyl (C=O) groups is 1. The second-order valence-electron chi connectivity index (χ2n) is 2.59. The number of amides is 1. The number of fused-ring (bicyclic) bond motifs is 1. The van der Waals surface area contributed by atoms with Crippen LogP contribution in [0.2, 0.25) is 0 Å². The van der Waals surface area contributed by atoms with Crippen molar-refractivity contribution in [2.45, 2.75) is 13.0 Å². The van der Waals surface area contributed by atoms with Crippen molar-refractivity contribution in [1.29, 1.82) is 0 Å². The van der Waals surface area contributed by atoms with Crippen LogP contribution in [0.1, 0.15) is 6.92 Å². The summed E-state index contributed by atoms with van der Waals surface area (Å²) in [7, 11) is 0. The summed E-state index contributed by atoms with van der Waals surface area (Å²) < 4.78 is 0. The number of nitrogens with zero attached hydrogens (tertiary/aromatic N) is 3. The van der Waals surface area contributed by atoms with Gasteiger partial charge in [0.25, 0.3) is 5.91 Å². The topological polar surface area (TPSA) is 54.1 Å². The molecule has 0 aromatic rings. The van der Waals surface area contributed by atoms with Crippen molar-refractivity contribution < 1.29 is 4.79 Å². The maximum Gasteiger partial charge on any atom is 0.278 e. The van der Waals surface area contributed by atoms with Crippen molar-refractivity contribution in [3.8, 4) is 0 Å². The Hall–Kier alpha value is -1.58. The molecule has 0 spiro atoms. The van der Waals surface area contributed by atoms with Gasteiger partial charge in [-0.25, -0.2) is 4.99 Å². The molecule has 2 aliphatic heterocycles. The smallest absolute Gasteiger partial charge is 0.273 e. The van der Waals surface area contributed by atoms with Crippen LogP contribution in [0.15, 0.2) is 27.1 Å². The van der Waals surface area contributed by atoms with Gasteiger partial charge in [-0.2, -0.15) is 4.99 Å². The van der Waals surface area contributed by atoms with E-state index in [1.54, 1.807) is 25.3 Å². The molecule has 4 heteroatoms. The van der Waals surface area contributed by atoms with Crippen LogP contribution in [0.4, 0.5) is 0 Å². The number of amidine groups is 1. The maximum atomic E-state index is 11.2. The zero-order valence-corrected chi connectivity index (χ0v) is 6.56. The van der Waals surface area contributed by atoms with Crippen LogP contribution in [0, 0.1) is 0 Å². The van der Waals surface area contributed by atoms with Crippen LogP contribution in [-0.4, -0.2) is 29.7 Å². The molecule has 1 atom stereocenters. The lowest BCUT2D eigenvalue weighted by atomic mass is 10.1. The summed E-state index contributed by atoms with van der Waals surface area (Å²) in [6, 6.07) is -0.487. The Balaban J connectivity index is 2.45. The molecule has 0 radical (unpaired) electrons. The number of hydrogen-bond donors (Lipinski definition) is 0. The first-order valence-electron chi connectivity index (χ1n) is 3.65. The first kappa shape index (κ1) is 7.09. The number of hydrogen-bond acceptors (Lipinski definition) is 3. The summed E-state index contributed by atoms with van der Waals surface area (Å²) in [6.45, 7) is 1.70. The minimum Gasteiger partial charge on any atom is -0.273 e. The molecule has 2 heterocycles. The molecule has 0 aromatic heterocycles. The standard InChI is InChI=1S/C8H7N3O/c1-5-10-6-3-2-4-9-7(6)8(12)11-5/h2-4,7H,1H3. The molecule has 60 valence electrons. The van der Waals surface area contributed by atoms with Crippen LogP contribution < -0.4 is 0 Å². The van der Waals surface area contributed by atoms with E-state index in [1.807, 2.05) is 0 Å². The zero-order chi connectivity index (χ0) is 8.55. The van der Waals surface area contributed by atoms with Gasteiger partial charge in [-0.05, 0) is 19.1 Å². The fraction of sp³-hybridized carbons (Fsp3) is 0.250. The summed E-state index contributed by atoms with van der Waals surface area (Å²) in [5.41, 5.74) is 0.690. The first-order chi connectivity index (χ1) is 5.77. The van der Waals surface area contributed by atoms with Crippen molar-refractivity contribution in [2.24, 2.45) is 15.0 Å². The molecular weight excluding hydrogens is 154 g/mol. The van der Waals surface area contributed by atoms with Crippen LogP contribution in [0.3, 0.4) is 0 Å². The van der Waals surface area contributed by atoms with Gasteiger partial charge in [-0.1, -0.05) is 0 Å². The normalized spacial score (nSPS) is 26.4. The SMILES string of the molecule is CC1=NC(=O)C2N=CC=CC2=N1. The number of allylic oxidation sites excluding steroid dienone is 1.